The van der Waals surface area contributed by atoms with Crippen molar-refractivity contribution >= 4 is 11.3 Å². The van der Waals surface area contributed by atoms with Crippen molar-refractivity contribution in [2.24, 2.45) is 0 Å². The normalized spacial score (nSPS) is 10.8. The van der Waals surface area contributed by atoms with Crippen molar-refractivity contribution in [2.75, 3.05) is 5.73 Å². The molecule has 6 nitrogen and oxygen atoms in total. The van der Waals surface area contributed by atoms with Crippen molar-refractivity contribution in [1.29, 1.82) is 0 Å². The zero-order valence-electron chi connectivity index (χ0n) is 6.40. The fourth-order valence-electron chi connectivity index (χ4n) is 0.981. The topological polar surface area (TPSA) is 89.1 Å². The predicted molar refractivity (Wildman–Crippen MR) is 42.8 cm³/mol. The van der Waals surface area contributed by atoms with Crippen molar-refractivity contribution < 1.29 is 0 Å². The third kappa shape index (κ3) is 0.777. The second-order valence-corrected chi connectivity index (χ2v) is 2.48. The van der Waals surface area contributed by atoms with Crippen LogP contribution in [0.3, 0.4) is 0 Å². The Morgan fingerprint density at radius 2 is 2.33 bits per heavy atom. The minimum absolute atomic E-state index is 0.148. The molecule has 0 aliphatic heterocycles. The number of nitrogens with one attached hydrogen (secondary N) is 1. The van der Waals surface area contributed by atoms with Crippen LogP contribution in [0.25, 0.3) is 5.65 Å². The lowest BCUT2D eigenvalue weighted by Gasteiger charge is -1.94. The van der Waals surface area contributed by atoms with E-state index in [1.165, 1.54) is 10.6 Å². The van der Waals surface area contributed by atoms with Gasteiger partial charge in [0, 0.05) is 6.07 Å². The highest BCUT2D eigenvalue weighted by Crippen LogP contribution is 2.00. The summed E-state index contributed by atoms with van der Waals surface area (Å²) in [7, 11) is 0. The molecule has 0 aliphatic carbocycles. The van der Waals surface area contributed by atoms with Crippen molar-refractivity contribution in [3.63, 3.8) is 0 Å². The minimum atomic E-state index is -0.328. The van der Waals surface area contributed by atoms with Crippen LogP contribution in [0.2, 0.25) is 0 Å². The Hall–Kier alpha value is -1.85. The first kappa shape index (κ1) is 6.84. The van der Waals surface area contributed by atoms with E-state index in [2.05, 4.69) is 15.3 Å². The Kier molecular flexibility index (Phi) is 1.18. The van der Waals surface area contributed by atoms with E-state index in [1.807, 2.05) is 0 Å². The number of hydrogen-bond donors (Lipinski definition) is 2. The summed E-state index contributed by atoms with van der Waals surface area (Å²) in [5.41, 5.74) is 5.74. The molecule has 0 spiro atoms. The zero-order valence-corrected chi connectivity index (χ0v) is 6.40. The Balaban J connectivity index is 2.97. The molecule has 0 saturated carbocycles. The van der Waals surface area contributed by atoms with Crippen LogP contribution in [0.4, 0.5) is 5.69 Å². The molecule has 2 aromatic heterocycles. The predicted octanol–water partition coefficient (Wildman–Crippen LogP) is -0.692. The lowest BCUT2D eigenvalue weighted by atomic mass is 10.5. The average Bonchev–Trinajstić information content (AvgIpc) is 2.35. The number of aryl methyl sites for hydroxylation is 1. The molecular weight excluding hydrogens is 158 g/mol. The summed E-state index contributed by atoms with van der Waals surface area (Å²) in [5.74, 6) is 0.627. The second kappa shape index (κ2) is 2.07. The van der Waals surface area contributed by atoms with Crippen molar-refractivity contribution in [1.82, 2.24) is 19.8 Å². The molecule has 2 heterocycles. The number of fused-ring (bicyclic) bond motifs is 1. The third-order valence-electron chi connectivity index (χ3n) is 1.61. The van der Waals surface area contributed by atoms with E-state index < -0.39 is 0 Å². The number of nitrogens with two attached hydrogens (primary N) is 1. The molecule has 2 rings (SSSR count). The summed E-state index contributed by atoms with van der Waals surface area (Å²) in [4.78, 5) is 11.0. The van der Waals surface area contributed by atoms with E-state index in [-0.39, 0.29) is 11.2 Å². The highest BCUT2D eigenvalue weighted by Gasteiger charge is 2.02. The van der Waals surface area contributed by atoms with E-state index in [1.54, 1.807) is 6.92 Å². The summed E-state index contributed by atoms with van der Waals surface area (Å²) in [6.07, 6.45) is 0. The van der Waals surface area contributed by atoms with E-state index in [0.29, 0.717) is 11.5 Å². The fraction of sp³-hybridized carbons (Fsp3) is 0.167. The van der Waals surface area contributed by atoms with Crippen LogP contribution in [-0.2, 0) is 0 Å². The Morgan fingerprint density at radius 3 is 3.08 bits per heavy atom. The van der Waals surface area contributed by atoms with Gasteiger partial charge in [-0.2, -0.15) is 0 Å². The van der Waals surface area contributed by atoms with E-state index in [4.69, 9.17) is 5.73 Å². The smallest absolute Gasteiger partial charge is 0.286 e. The van der Waals surface area contributed by atoms with Crippen molar-refractivity contribution in [3.8, 4) is 0 Å². The molecule has 12 heavy (non-hydrogen) atoms. The van der Waals surface area contributed by atoms with Gasteiger partial charge >= 0.3 is 0 Å². The molecule has 0 saturated heterocycles. The standard InChI is InChI=1S/C6H7N5O/c1-3-8-9-5-2-4(7)6(12)10-11(3)5/h2H,7H2,1H3,(H,10,12). The number of nitrogen functional groups attached to an aromatic ring is 1. The Bertz CT molecular complexity index is 482. The van der Waals surface area contributed by atoms with E-state index in [0.717, 1.165) is 0 Å². The van der Waals surface area contributed by atoms with Crippen LogP contribution in [0, 0.1) is 6.92 Å². The first-order valence-corrected chi connectivity index (χ1v) is 3.39. The summed E-state index contributed by atoms with van der Waals surface area (Å²) in [6.45, 7) is 1.74. The summed E-state index contributed by atoms with van der Waals surface area (Å²) >= 11 is 0. The second-order valence-electron chi connectivity index (χ2n) is 2.48. The van der Waals surface area contributed by atoms with Crippen LogP contribution < -0.4 is 11.3 Å². The van der Waals surface area contributed by atoms with Crippen LogP contribution in [0.5, 0.6) is 0 Å². The number of anilines is 1. The van der Waals surface area contributed by atoms with E-state index >= 15 is 0 Å². The van der Waals surface area contributed by atoms with Gasteiger partial charge in [-0.25, -0.2) is 4.52 Å². The van der Waals surface area contributed by atoms with Gasteiger partial charge in [0.15, 0.2) is 5.65 Å². The van der Waals surface area contributed by atoms with Crippen molar-refractivity contribution in [2.45, 2.75) is 6.92 Å². The molecular formula is C6H7N5O. The summed E-state index contributed by atoms with van der Waals surface area (Å²) in [6, 6.07) is 1.48. The average molecular weight is 165 g/mol. The Labute approximate surface area is 67.0 Å². The molecule has 0 radical (unpaired) electrons. The van der Waals surface area contributed by atoms with Gasteiger partial charge in [0.1, 0.15) is 11.5 Å². The van der Waals surface area contributed by atoms with Crippen LogP contribution in [0.1, 0.15) is 5.82 Å². The molecule has 2 aromatic rings. The van der Waals surface area contributed by atoms with Gasteiger partial charge in [0.25, 0.3) is 5.56 Å². The van der Waals surface area contributed by atoms with Gasteiger partial charge in [0.2, 0.25) is 0 Å². The zero-order chi connectivity index (χ0) is 8.72. The van der Waals surface area contributed by atoms with Crippen LogP contribution >= 0.6 is 0 Å². The minimum Gasteiger partial charge on any atom is -0.394 e. The van der Waals surface area contributed by atoms with Crippen molar-refractivity contribution in [3.05, 3.63) is 22.2 Å². The maximum absolute atomic E-state index is 11.0. The molecule has 0 aliphatic rings. The van der Waals surface area contributed by atoms with Gasteiger partial charge in [0.05, 0.1) is 0 Å². The lowest BCUT2D eigenvalue weighted by Crippen LogP contribution is -2.15. The molecule has 0 amide bonds. The molecule has 6 heteroatoms. The lowest BCUT2D eigenvalue weighted by molar-refractivity contribution is 0.855. The first-order chi connectivity index (χ1) is 5.68. The molecule has 0 fully saturated rings. The summed E-state index contributed by atoms with van der Waals surface area (Å²) < 4.78 is 1.48. The largest absolute Gasteiger partial charge is 0.394 e. The highest BCUT2D eigenvalue weighted by molar-refractivity contribution is 5.48. The monoisotopic (exact) mass is 165 g/mol. The maximum atomic E-state index is 11.0. The maximum Gasteiger partial charge on any atom is 0.286 e. The molecule has 0 aromatic carbocycles. The molecule has 0 bridgehead atoms. The van der Waals surface area contributed by atoms with Gasteiger partial charge in [-0.1, -0.05) is 0 Å². The van der Waals surface area contributed by atoms with Crippen LogP contribution in [-0.4, -0.2) is 19.8 Å². The third-order valence-corrected chi connectivity index (χ3v) is 1.61. The molecule has 0 unspecified atom stereocenters. The number of rotatable bonds is 0. The van der Waals surface area contributed by atoms with Crippen LogP contribution in [0.15, 0.2) is 10.9 Å². The number of aromatic amines is 1. The number of hydrogen-bond acceptors (Lipinski definition) is 4. The SMILES string of the molecule is Cc1nnc2cc(N)c(=O)[nH]n12. The molecule has 0 atom stereocenters. The number of nitrogens with zero attached hydrogens (tertiary/aromatic N) is 3. The first-order valence-electron chi connectivity index (χ1n) is 3.39. The number of aromatic nitrogens is 4. The van der Waals surface area contributed by atoms with Gasteiger partial charge < -0.3 is 5.73 Å². The molecule has 62 valence electrons. The Morgan fingerprint density at radius 1 is 1.58 bits per heavy atom. The van der Waals surface area contributed by atoms with Gasteiger partial charge in [-0.3, -0.25) is 9.89 Å². The fourth-order valence-corrected chi connectivity index (χ4v) is 0.981. The highest BCUT2D eigenvalue weighted by atomic mass is 16.1. The summed E-state index contributed by atoms with van der Waals surface area (Å²) in [5, 5.41) is 10.1. The quantitative estimate of drug-likeness (QED) is 0.540. The number of H-pyrrole nitrogens is 1. The molecule has 3 N–H and O–H groups in total. The van der Waals surface area contributed by atoms with Gasteiger partial charge in [-0.15, -0.1) is 10.2 Å². The van der Waals surface area contributed by atoms with E-state index in [9.17, 15) is 4.79 Å². The van der Waals surface area contributed by atoms with Gasteiger partial charge in [-0.05, 0) is 6.92 Å².